The van der Waals surface area contributed by atoms with Gasteiger partial charge in [-0.2, -0.15) is 5.10 Å². The van der Waals surface area contributed by atoms with Crippen LogP contribution in [0.15, 0.2) is 6.07 Å². The number of carbonyl (C=O) groups is 1. The quantitative estimate of drug-likeness (QED) is 0.896. The summed E-state index contributed by atoms with van der Waals surface area (Å²) in [6, 6.07) is 2.13. The summed E-state index contributed by atoms with van der Waals surface area (Å²) in [6.07, 6.45) is 3.38. The van der Waals surface area contributed by atoms with E-state index in [4.69, 9.17) is 10.5 Å². The van der Waals surface area contributed by atoms with Crippen molar-refractivity contribution < 1.29 is 9.53 Å². The van der Waals surface area contributed by atoms with Gasteiger partial charge >= 0.3 is 6.09 Å². The number of carbonyl (C=O) groups excluding carboxylic acids is 1. The molecule has 2 rings (SSSR count). The summed E-state index contributed by atoms with van der Waals surface area (Å²) in [5.74, 6) is 1.05. The molecule has 1 heterocycles. The highest BCUT2D eigenvalue weighted by Crippen LogP contribution is 2.35. The first-order valence-electron chi connectivity index (χ1n) is 8.10. The minimum atomic E-state index is -0.313. The molecule has 0 aliphatic heterocycles. The number of nitrogen functional groups attached to an aromatic ring is 1. The SMILES string of the molecule is CCCOC(=O)NC1CCC(c2cc(N)n(C(C)(C)C)n2)C1. The van der Waals surface area contributed by atoms with Crippen LogP contribution in [0.3, 0.4) is 0 Å². The van der Waals surface area contributed by atoms with Crippen LogP contribution >= 0.6 is 0 Å². The van der Waals surface area contributed by atoms with Crippen LogP contribution < -0.4 is 11.1 Å². The highest BCUT2D eigenvalue weighted by Gasteiger charge is 2.30. The predicted octanol–water partition coefficient (Wildman–Crippen LogP) is 2.99. The van der Waals surface area contributed by atoms with Gasteiger partial charge in [-0.1, -0.05) is 6.92 Å². The number of aromatic nitrogens is 2. The molecule has 0 bridgehead atoms. The Hall–Kier alpha value is -1.72. The Labute approximate surface area is 132 Å². The lowest BCUT2D eigenvalue weighted by Gasteiger charge is -2.20. The number of nitrogens with one attached hydrogen (secondary N) is 1. The van der Waals surface area contributed by atoms with Crippen molar-refractivity contribution in [1.82, 2.24) is 15.1 Å². The van der Waals surface area contributed by atoms with E-state index in [-0.39, 0.29) is 17.7 Å². The zero-order valence-electron chi connectivity index (χ0n) is 14.1. The molecule has 1 aliphatic carbocycles. The average molecular weight is 308 g/mol. The van der Waals surface area contributed by atoms with E-state index >= 15 is 0 Å². The van der Waals surface area contributed by atoms with Crippen molar-refractivity contribution >= 4 is 11.9 Å². The summed E-state index contributed by atoms with van der Waals surface area (Å²) in [5, 5.41) is 7.61. The first kappa shape index (κ1) is 16.6. The van der Waals surface area contributed by atoms with Gasteiger partial charge in [0.05, 0.1) is 17.8 Å². The van der Waals surface area contributed by atoms with Gasteiger partial charge in [-0.25, -0.2) is 9.48 Å². The minimum absolute atomic E-state index is 0.122. The zero-order valence-corrected chi connectivity index (χ0v) is 14.1. The maximum atomic E-state index is 11.6. The summed E-state index contributed by atoms with van der Waals surface area (Å²) in [5.41, 5.74) is 6.98. The highest BCUT2D eigenvalue weighted by molar-refractivity contribution is 5.67. The molecule has 1 aliphatic rings. The van der Waals surface area contributed by atoms with E-state index in [9.17, 15) is 4.79 Å². The van der Waals surface area contributed by atoms with Crippen molar-refractivity contribution in [2.45, 2.75) is 70.9 Å². The molecule has 22 heavy (non-hydrogen) atoms. The van der Waals surface area contributed by atoms with Crippen LogP contribution in [-0.2, 0) is 10.3 Å². The van der Waals surface area contributed by atoms with Gasteiger partial charge in [0.1, 0.15) is 5.82 Å². The molecule has 2 atom stereocenters. The maximum absolute atomic E-state index is 11.6. The second kappa shape index (κ2) is 6.58. The van der Waals surface area contributed by atoms with Crippen LogP contribution in [0, 0.1) is 0 Å². The molecule has 1 aromatic heterocycles. The molecule has 124 valence electrons. The summed E-state index contributed by atoms with van der Waals surface area (Å²) >= 11 is 0. The van der Waals surface area contributed by atoms with Crippen LogP contribution in [0.4, 0.5) is 10.6 Å². The number of hydrogen-bond donors (Lipinski definition) is 2. The summed E-state index contributed by atoms with van der Waals surface area (Å²) in [7, 11) is 0. The van der Waals surface area contributed by atoms with Crippen molar-refractivity contribution in [2.24, 2.45) is 0 Å². The van der Waals surface area contributed by atoms with E-state index in [1.54, 1.807) is 0 Å². The fourth-order valence-electron chi connectivity index (χ4n) is 2.94. The smallest absolute Gasteiger partial charge is 0.407 e. The summed E-state index contributed by atoms with van der Waals surface area (Å²) < 4.78 is 6.95. The fourth-order valence-corrected chi connectivity index (χ4v) is 2.94. The predicted molar refractivity (Wildman–Crippen MR) is 86.8 cm³/mol. The van der Waals surface area contributed by atoms with Crippen molar-refractivity contribution in [1.29, 1.82) is 0 Å². The van der Waals surface area contributed by atoms with Crippen LogP contribution in [0.5, 0.6) is 0 Å². The first-order valence-corrected chi connectivity index (χ1v) is 8.10. The molecule has 1 saturated carbocycles. The Balaban J connectivity index is 1.95. The molecule has 6 nitrogen and oxygen atoms in total. The number of nitrogens with two attached hydrogens (primary N) is 1. The number of anilines is 1. The Morgan fingerprint density at radius 2 is 2.23 bits per heavy atom. The number of amides is 1. The number of nitrogens with zero attached hydrogens (tertiary/aromatic N) is 2. The molecule has 0 radical (unpaired) electrons. The molecule has 6 heteroatoms. The van der Waals surface area contributed by atoms with Gasteiger partial charge < -0.3 is 15.8 Å². The summed E-state index contributed by atoms with van der Waals surface area (Å²) in [4.78, 5) is 11.6. The van der Waals surface area contributed by atoms with E-state index in [0.717, 1.165) is 31.4 Å². The third-order valence-corrected chi connectivity index (χ3v) is 4.00. The highest BCUT2D eigenvalue weighted by atomic mass is 16.5. The van der Waals surface area contributed by atoms with E-state index in [2.05, 4.69) is 31.2 Å². The van der Waals surface area contributed by atoms with Gasteiger partial charge in [0.25, 0.3) is 0 Å². The third-order valence-electron chi connectivity index (χ3n) is 4.00. The Kier molecular flexibility index (Phi) is 4.98. The van der Waals surface area contributed by atoms with Gasteiger partial charge in [-0.3, -0.25) is 0 Å². The Morgan fingerprint density at radius 1 is 1.50 bits per heavy atom. The third kappa shape index (κ3) is 3.93. The number of rotatable bonds is 4. The lowest BCUT2D eigenvalue weighted by Crippen LogP contribution is -2.33. The Bertz CT molecular complexity index is 519. The molecule has 0 saturated heterocycles. The van der Waals surface area contributed by atoms with Gasteiger partial charge in [-0.15, -0.1) is 0 Å². The topological polar surface area (TPSA) is 82.2 Å². The molecule has 3 N–H and O–H groups in total. The maximum Gasteiger partial charge on any atom is 0.407 e. The van der Waals surface area contributed by atoms with E-state index in [1.807, 2.05) is 17.7 Å². The molecular weight excluding hydrogens is 280 g/mol. The zero-order chi connectivity index (χ0) is 16.3. The second-order valence-electron chi connectivity index (χ2n) is 7.06. The normalized spacial score (nSPS) is 21.8. The van der Waals surface area contributed by atoms with Crippen LogP contribution in [-0.4, -0.2) is 28.5 Å². The Morgan fingerprint density at radius 3 is 2.82 bits per heavy atom. The van der Waals surface area contributed by atoms with Crippen molar-refractivity contribution in [3.8, 4) is 0 Å². The first-order chi connectivity index (χ1) is 10.3. The fraction of sp³-hybridized carbons (Fsp3) is 0.750. The standard InChI is InChI=1S/C16H28N4O2/c1-5-8-22-15(21)18-12-7-6-11(9-12)13-10-14(17)20(19-13)16(2,3)4/h10-12H,5-9,17H2,1-4H3,(H,18,21). The molecule has 2 unspecified atom stereocenters. The molecular formula is C16H28N4O2. The van der Waals surface area contributed by atoms with E-state index in [0.29, 0.717) is 18.3 Å². The van der Waals surface area contributed by atoms with Crippen LogP contribution in [0.2, 0.25) is 0 Å². The number of ether oxygens (including phenoxy) is 1. The lowest BCUT2D eigenvalue weighted by atomic mass is 10.0. The van der Waals surface area contributed by atoms with Gasteiger partial charge in [0.15, 0.2) is 0 Å². The lowest BCUT2D eigenvalue weighted by molar-refractivity contribution is 0.142. The van der Waals surface area contributed by atoms with Gasteiger partial charge in [0, 0.05) is 18.0 Å². The molecule has 1 amide bonds. The van der Waals surface area contributed by atoms with Crippen molar-refractivity contribution in [3.63, 3.8) is 0 Å². The van der Waals surface area contributed by atoms with E-state index < -0.39 is 0 Å². The van der Waals surface area contributed by atoms with Gasteiger partial charge in [0.2, 0.25) is 0 Å². The van der Waals surface area contributed by atoms with Crippen molar-refractivity contribution in [3.05, 3.63) is 11.8 Å². The monoisotopic (exact) mass is 308 g/mol. The summed E-state index contributed by atoms with van der Waals surface area (Å²) in [6.45, 7) is 8.71. The van der Waals surface area contributed by atoms with Crippen LogP contribution in [0.25, 0.3) is 0 Å². The number of hydrogen-bond acceptors (Lipinski definition) is 4. The second-order valence-corrected chi connectivity index (χ2v) is 7.06. The molecule has 1 fully saturated rings. The van der Waals surface area contributed by atoms with E-state index in [1.165, 1.54) is 0 Å². The minimum Gasteiger partial charge on any atom is -0.450 e. The van der Waals surface area contributed by atoms with Crippen molar-refractivity contribution in [2.75, 3.05) is 12.3 Å². The molecule has 0 aromatic carbocycles. The average Bonchev–Trinajstić information content (AvgIpc) is 3.02. The van der Waals surface area contributed by atoms with Gasteiger partial charge in [-0.05, 0) is 46.5 Å². The van der Waals surface area contributed by atoms with Crippen LogP contribution in [0.1, 0.15) is 65.0 Å². The number of alkyl carbamates (subject to hydrolysis) is 1. The largest absolute Gasteiger partial charge is 0.450 e. The molecule has 0 spiro atoms. The molecule has 1 aromatic rings.